The predicted molar refractivity (Wildman–Crippen MR) is 77.2 cm³/mol. The van der Waals surface area contributed by atoms with Gasteiger partial charge in [-0.25, -0.2) is 0 Å². The molecule has 0 radical (unpaired) electrons. The number of rotatable bonds is 5. The Labute approximate surface area is 116 Å². The number of hydrogen-bond acceptors (Lipinski definition) is 4. The second-order valence-electron chi connectivity index (χ2n) is 4.90. The molecule has 0 amide bonds. The Morgan fingerprint density at radius 1 is 1.40 bits per heavy atom. The van der Waals surface area contributed by atoms with Crippen LogP contribution in [-0.4, -0.2) is 28.0 Å². The molecule has 1 aromatic carbocycles. The van der Waals surface area contributed by atoms with Crippen LogP contribution in [0.15, 0.2) is 40.9 Å². The molecule has 5 nitrogen and oxygen atoms in total. The largest absolute Gasteiger partial charge is 0.454 e. The number of para-hydroxylation sites is 1. The van der Waals surface area contributed by atoms with E-state index in [1.54, 1.807) is 13.1 Å². The summed E-state index contributed by atoms with van der Waals surface area (Å²) in [6.07, 6.45) is 1.41. The number of fused-ring (bicyclic) bond motifs is 1. The van der Waals surface area contributed by atoms with E-state index in [0.29, 0.717) is 13.1 Å². The van der Waals surface area contributed by atoms with Crippen LogP contribution >= 0.6 is 0 Å². The van der Waals surface area contributed by atoms with Gasteiger partial charge in [0.2, 0.25) is 0 Å². The molecule has 3 aromatic rings. The number of aliphatic hydroxyl groups excluding tert-OH is 1. The summed E-state index contributed by atoms with van der Waals surface area (Å²) in [7, 11) is 0. The monoisotopic (exact) mass is 271 g/mol. The normalized spacial score (nSPS) is 12.9. The maximum atomic E-state index is 9.26. The third-order valence-electron chi connectivity index (χ3n) is 3.14. The molecule has 0 aliphatic carbocycles. The zero-order chi connectivity index (χ0) is 13.9. The summed E-state index contributed by atoms with van der Waals surface area (Å²) in [6, 6.07) is 9.90. The Morgan fingerprint density at radius 3 is 3.05 bits per heavy atom. The fourth-order valence-electron chi connectivity index (χ4n) is 2.18. The maximum Gasteiger partial charge on any atom is 0.153 e. The third-order valence-corrected chi connectivity index (χ3v) is 3.14. The number of benzene rings is 1. The van der Waals surface area contributed by atoms with Crippen molar-refractivity contribution in [1.82, 2.24) is 15.5 Å². The SMILES string of the molecule is C[C@H](O)CNCc1cn[nH]c1-c1cc2ccccc2o1. The van der Waals surface area contributed by atoms with E-state index in [9.17, 15) is 5.11 Å². The number of aromatic nitrogens is 2. The molecule has 0 spiro atoms. The highest BCUT2D eigenvalue weighted by Gasteiger charge is 2.12. The minimum atomic E-state index is -0.364. The lowest BCUT2D eigenvalue weighted by molar-refractivity contribution is 0.191. The lowest BCUT2D eigenvalue weighted by atomic mass is 10.2. The highest BCUT2D eigenvalue weighted by Crippen LogP contribution is 2.28. The van der Waals surface area contributed by atoms with Crippen LogP contribution in [0.4, 0.5) is 0 Å². The molecule has 3 N–H and O–H groups in total. The van der Waals surface area contributed by atoms with Gasteiger partial charge in [0.1, 0.15) is 11.3 Å². The van der Waals surface area contributed by atoms with E-state index in [1.807, 2.05) is 30.3 Å². The molecule has 5 heteroatoms. The minimum absolute atomic E-state index is 0.364. The number of H-pyrrole nitrogens is 1. The zero-order valence-electron chi connectivity index (χ0n) is 11.3. The Morgan fingerprint density at radius 2 is 2.25 bits per heavy atom. The van der Waals surface area contributed by atoms with Crippen LogP contribution in [0.5, 0.6) is 0 Å². The molecule has 2 heterocycles. The summed E-state index contributed by atoms with van der Waals surface area (Å²) in [6.45, 7) is 2.93. The van der Waals surface area contributed by atoms with Crippen molar-refractivity contribution >= 4 is 11.0 Å². The van der Waals surface area contributed by atoms with Crippen LogP contribution in [-0.2, 0) is 6.54 Å². The van der Waals surface area contributed by atoms with Gasteiger partial charge in [-0.3, -0.25) is 5.10 Å². The minimum Gasteiger partial charge on any atom is -0.454 e. The van der Waals surface area contributed by atoms with Crippen LogP contribution in [0.3, 0.4) is 0 Å². The van der Waals surface area contributed by atoms with Gasteiger partial charge in [0.05, 0.1) is 12.3 Å². The Kier molecular flexibility index (Phi) is 3.54. The summed E-state index contributed by atoms with van der Waals surface area (Å²) < 4.78 is 5.83. The van der Waals surface area contributed by atoms with Crippen molar-refractivity contribution in [3.63, 3.8) is 0 Å². The number of nitrogens with one attached hydrogen (secondary N) is 2. The van der Waals surface area contributed by atoms with Crippen molar-refractivity contribution in [3.05, 3.63) is 42.1 Å². The van der Waals surface area contributed by atoms with Crippen LogP contribution in [0, 0.1) is 0 Å². The Bertz CT molecular complexity index is 667. The summed E-state index contributed by atoms with van der Waals surface area (Å²) in [4.78, 5) is 0. The van der Waals surface area contributed by atoms with E-state index < -0.39 is 0 Å². The van der Waals surface area contributed by atoms with Crippen molar-refractivity contribution in [2.45, 2.75) is 19.6 Å². The first-order chi connectivity index (χ1) is 9.74. The van der Waals surface area contributed by atoms with Gasteiger partial charge < -0.3 is 14.8 Å². The van der Waals surface area contributed by atoms with E-state index in [2.05, 4.69) is 15.5 Å². The van der Waals surface area contributed by atoms with Gasteiger partial charge in [-0.1, -0.05) is 18.2 Å². The molecule has 0 bridgehead atoms. The summed E-state index contributed by atoms with van der Waals surface area (Å²) >= 11 is 0. The third kappa shape index (κ3) is 2.59. The summed E-state index contributed by atoms with van der Waals surface area (Å²) in [5.41, 5.74) is 2.75. The van der Waals surface area contributed by atoms with E-state index in [0.717, 1.165) is 28.0 Å². The van der Waals surface area contributed by atoms with Crippen molar-refractivity contribution in [2.75, 3.05) is 6.54 Å². The van der Waals surface area contributed by atoms with Gasteiger partial charge in [0.15, 0.2) is 5.76 Å². The van der Waals surface area contributed by atoms with Crippen molar-refractivity contribution < 1.29 is 9.52 Å². The molecule has 0 unspecified atom stereocenters. The number of furan rings is 1. The van der Waals surface area contributed by atoms with Gasteiger partial charge in [-0.2, -0.15) is 5.10 Å². The molecule has 0 saturated heterocycles. The quantitative estimate of drug-likeness (QED) is 0.665. The zero-order valence-corrected chi connectivity index (χ0v) is 11.3. The molecule has 2 aromatic heterocycles. The molecule has 0 aliphatic heterocycles. The van der Waals surface area contributed by atoms with Crippen LogP contribution in [0.2, 0.25) is 0 Å². The van der Waals surface area contributed by atoms with Gasteiger partial charge in [-0.15, -0.1) is 0 Å². The van der Waals surface area contributed by atoms with Gasteiger partial charge >= 0.3 is 0 Å². The first-order valence-corrected chi connectivity index (χ1v) is 6.64. The lowest BCUT2D eigenvalue weighted by Gasteiger charge is -2.06. The molecule has 0 saturated carbocycles. The van der Waals surface area contributed by atoms with E-state index in [4.69, 9.17) is 4.42 Å². The molecule has 0 fully saturated rings. The predicted octanol–water partition coefficient (Wildman–Crippen LogP) is 2.29. The van der Waals surface area contributed by atoms with Crippen LogP contribution < -0.4 is 5.32 Å². The van der Waals surface area contributed by atoms with Crippen molar-refractivity contribution in [1.29, 1.82) is 0 Å². The lowest BCUT2D eigenvalue weighted by Crippen LogP contribution is -2.23. The number of hydrogen-bond donors (Lipinski definition) is 3. The highest BCUT2D eigenvalue weighted by atomic mass is 16.3. The number of aromatic amines is 1. The van der Waals surface area contributed by atoms with Crippen molar-refractivity contribution in [2.24, 2.45) is 0 Å². The van der Waals surface area contributed by atoms with Gasteiger partial charge in [0, 0.05) is 24.0 Å². The molecule has 3 rings (SSSR count). The fraction of sp³-hybridized carbons (Fsp3) is 0.267. The van der Waals surface area contributed by atoms with Crippen molar-refractivity contribution in [3.8, 4) is 11.5 Å². The second kappa shape index (κ2) is 5.48. The standard InChI is InChI=1S/C15H17N3O2/c1-10(19)7-16-8-12-9-17-18-15(12)14-6-11-4-2-3-5-13(11)20-14/h2-6,9-10,16,19H,7-8H2,1H3,(H,17,18)/t10-/m0/s1. The smallest absolute Gasteiger partial charge is 0.153 e. The van der Waals surface area contributed by atoms with E-state index >= 15 is 0 Å². The molecular formula is C15H17N3O2. The van der Waals surface area contributed by atoms with E-state index in [1.165, 1.54) is 0 Å². The first-order valence-electron chi connectivity index (χ1n) is 6.64. The van der Waals surface area contributed by atoms with Gasteiger partial charge in [-0.05, 0) is 19.1 Å². The first kappa shape index (κ1) is 12.9. The number of aliphatic hydroxyl groups is 1. The van der Waals surface area contributed by atoms with Crippen LogP contribution in [0.25, 0.3) is 22.4 Å². The molecule has 20 heavy (non-hydrogen) atoms. The Balaban J connectivity index is 1.85. The average Bonchev–Trinajstić information content (AvgIpc) is 3.03. The molecule has 0 aliphatic rings. The number of nitrogens with zero attached hydrogens (tertiary/aromatic N) is 1. The van der Waals surface area contributed by atoms with Gasteiger partial charge in [0.25, 0.3) is 0 Å². The Hall–Kier alpha value is -2.11. The summed E-state index contributed by atoms with van der Waals surface area (Å²) in [5, 5.41) is 20.6. The topological polar surface area (TPSA) is 74.1 Å². The summed E-state index contributed by atoms with van der Waals surface area (Å²) in [5.74, 6) is 0.776. The molecule has 104 valence electrons. The van der Waals surface area contributed by atoms with Crippen LogP contribution in [0.1, 0.15) is 12.5 Å². The fourth-order valence-corrected chi connectivity index (χ4v) is 2.18. The van der Waals surface area contributed by atoms with E-state index in [-0.39, 0.29) is 6.10 Å². The highest BCUT2D eigenvalue weighted by molar-refractivity contribution is 5.82. The molecular weight excluding hydrogens is 254 g/mol. The maximum absolute atomic E-state index is 9.26. The molecule has 1 atom stereocenters. The second-order valence-corrected chi connectivity index (χ2v) is 4.90. The average molecular weight is 271 g/mol.